The SMILES string of the molecule is O=C(O)c1ccc(C[n+]2c(-c3ccc([N+](=O)[O-])cc3)csc2Nc2ccccc2)cc1.[Br-]. The lowest BCUT2D eigenvalue weighted by atomic mass is 10.1. The van der Waals surface area contributed by atoms with E-state index in [1.165, 1.54) is 23.5 Å². The van der Waals surface area contributed by atoms with Crippen LogP contribution < -0.4 is 26.9 Å². The van der Waals surface area contributed by atoms with Crippen LogP contribution in [0.1, 0.15) is 15.9 Å². The van der Waals surface area contributed by atoms with Crippen molar-refractivity contribution in [2.75, 3.05) is 5.32 Å². The average Bonchev–Trinajstić information content (AvgIpc) is 3.17. The van der Waals surface area contributed by atoms with Crippen LogP contribution >= 0.6 is 11.3 Å². The van der Waals surface area contributed by atoms with E-state index in [2.05, 4.69) is 9.88 Å². The number of nitrogens with zero attached hydrogens (tertiary/aromatic N) is 2. The Morgan fingerprint density at radius 3 is 2.25 bits per heavy atom. The Balaban J connectivity index is 0.00000289. The van der Waals surface area contributed by atoms with E-state index in [0.717, 1.165) is 27.6 Å². The maximum Gasteiger partial charge on any atom is 0.339 e. The number of nitro groups is 1. The maximum absolute atomic E-state index is 11.1. The molecule has 0 aliphatic heterocycles. The van der Waals surface area contributed by atoms with Crippen LogP contribution in [0.15, 0.2) is 84.2 Å². The third kappa shape index (κ3) is 5.19. The predicted molar refractivity (Wildman–Crippen MR) is 119 cm³/mol. The van der Waals surface area contributed by atoms with Crippen LogP contribution in [0.5, 0.6) is 0 Å². The Hall–Kier alpha value is -3.56. The van der Waals surface area contributed by atoms with Gasteiger partial charge in [-0.2, -0.15) is 0 Å². The molecule has 0 aliphatic carbocycles. The van der Waals surface area contributed by atoms with E-state index in [-0.39, 0.29) is 28.2 Å². The number of non-ortho nitro benzene ring substituents is 1. The lowest BCUT2D eigenvalue weighted by Crippen LogP contribution is -3.00. The Morgan fingerprint density at radius 2 is 1.66 bits per heavy atom. The molecule has 0 spiro atoms. The molecule has 0 saturated carbocycles. The van der Waals surface area contributed by atoms with E-state index in [9.17, 15) is 14.9 Å². The fraction of sp³-hybridized carbons (Fsp3) is 0.0435. The summed E-state index contributed by atoms with van der Waals surface area (Å²) in [5.41, 5.74) is 3.91. The topological polar surface area (TPSA) is 96.3 Å². The number of carbonyl (C=O) groups is 1. The number of hydrogen-bond acceptors (Lipinski definition) is 5. The molecule has 4 aromatic rings. The molecule has 4 rings (SSSR count). The highest BCUT2D eigenvalue weighted by atomic mass is 79.9. The van der Waals surface area contributed by atoms with E-state index in [4.69, 9.17) is 5.11 Å². The first-order chi connectivity index (χ1) is 15.0. The second-order valence-electron chi connectivity index (χ2n) is 6.81. The molecule has 2 N–H and O–H groups in total. The number of thiazole rings is 1. The number of rotatable bonds is 7. The van der Waals surface area contributed by atoms with Crippen LogP contribution in [0.2, 0.25) is 0 Å². The number of carboxylic acid groups (broad SMARTS) is 1. The summed E-state index contributed by atoms with van der Waals surface area (Å²) in [6.45, 7) is 0.505. The molecule has 1 aromatic heterocycles. The zero-order valence-electron chi connectivity index (χ0n) is 16.6. The molecule has 0 bridgehead atoms. The van der Waals surface area contributed by atoms with Gasteiger partial charge in [-0.25, -0.2) is 14.7 Å². The highest BCUT2D eigenvalue weighted by Crippen LogP contribution is 2.27. The number of aromatic nitrogens is 1. The number of anilines is 2. The molecule has 9 heteroatoms. The molecule has 0 amide bonds. The number of carboxylic acids is 1. The smallest absolute Gasteiger partial charge is 0.339 e. The zero-order chi connectivity index (χ0) is 21.8. The quantitative estimate of drug-likeness (QED) is 0.225. The van der Waals surface area contributed by atoms with E-state index < -0.39 is 10.9 Å². The Labute approximate surface area is 198 Å². The van der Waals surface area contributed by atoms with Crippen molar-refractivity contribution in [3.63, 3.8) is 0 Å². The van der Waals surface area contributed by atoms with Gasteiger partial charge in [0.2, 0.25) is 0 Å². The molecule has 162 valence electrons. The van der Waals surface area contributed by atoms with Gasteiger partial charge in [0.05, 0.1) is 10.5 Å². The molecule has 1 heterocycles. The largest absolute Gasteiger partial charge is 1.00 e. The highest BCUT2D eigenvalue weighted by Gasteiger charge is 2.21. The Bertz CT molecular complexity index is 1230. The summed E-state index contributed by atoms with van der Waals surface area (Å²) in [7, 11) is 0. The van der Waals surface area contributed by atoms with Gasteiger partial charge in [0.25, 0.3) is 5.69 Å². The van der Waals surface area contributed by atoms with E-state index in [1.807, 2.05) is 35.7 Å². The van der Waals surface area contributed by atoms with Gasteiger partial charge in [-0.15, -0.1) is 0 Å². The number of hydrogen-bond donors (Lipinski definition) is 2. The second-order valence-corrected chi connectivity index (χ2v) is 7.67. The highest BCUT2D eigenvalue weighted by molar-refractivity contribution is 7.13. The van der Waals surface area contributed by atoms with Gasteiger partial charge in [0, 0.05) is 23.1 Å². The Morgan fingerprint density at radius 1 is 1.00 bits per heavy atom. The Kier molecular flexibility index (Phi) is 7.34. The van der Waals surface area contributed by atoms with Crippen LogP contribution in [-0.4, -0.2) is 16.0 Å². The number of nitrogens with one attached hydrogen (secondary N) is 1. The molecule has 3 aromatic carbocycles. The van der Waals surface area contributed by atoms with Crippen LogP contribution in [-0.2, 0) is 6.54 Å². The number of aromatic carboxylic acids is 1. The molecule has 0 atom stereocenters. The van der Waals surface area contributed by atoms with Gasteiger partial charge in [0.15, 0.2) is 0 Å². The summed E-state index contributed by atoms with van der Waals surface area (Å²) < 4.78 is 2.08. The first-order valence-corrected chi connectivity index (χ1v) is 10.3. The van der Waals surface area contributed by atoms with E-state index in [1.54, 1.807) is 36.4 Å². The third-order valence-corrected chi connectivity index (χ3v) is 5.65. The van der Waals surface area contributed by atoms with Crippen LogP contribution in [0, 0.1) is 10.1 Å². The minimum atomic E-state index is -0.965. The number of nitro benzene ring substituents is 1. The summed E-state index contributed by atoms with van der Waals surface area (Å²) in [5, 5.41) is 26.4. The fourth-order valence-electron chi connectivity index (χ4n) is 3.16. The summed E-state index contributed by atoms with van der Waals surface area (Å²) >= 11 is 1.53. The van der Waals surface area contributed by atoms with Gasteiger partial charge in [-0.05, 0) is 42.0 Å². The molecule has 0 radical (unpaired) electrons. The van der Waals surface area contributed by atoms with E-state index >= 15 is 0 Å². The maximum atomic E-state index is 11.1. The van der Waals surface area contributed by atoms with Crippen molar-refractivity contribution >= 4 is 33.8 Å². The zero-order valence-corrected chi connectivity index (χ0v) is 19.0. The van der Waals surface area contributed by atoms with Gasteiger partial charge >= 0.3 is 11.1 Å². The van der Waals surface area contributed by atoms with Crippen molar-refractivity contribution in [1.82, 2.24) is 0 Å². The van der Waals surface area contributed by atoms with Crippen molar-refractivity contribution < 1.29 is 36.4 Å². The van der Waals surface area contributed by atoms with Crippen molar-refractivity contribution in [1.29, 1.82) is 0 Å². The lowest BCUT2D eigenvalue weighted by molar-refractivity contribution is -0.659. The molecule has 0 aliphatic rings. The van der Waals surface area contributed by atoms with Crippen molar-refractivity contribution in [2.24, 2.45) is 0 Å². The summed E-state index contributed by atoms with van der Waals surface area (Å²) in [6, 6.07) is 23.0. The first-order valence-electron chi connectivity index (χ1n) is 9.42. The van der Waals surface area contributed by atoms with Crippen LogP contribution in [0.4, 0.5) is 16.5 Å². The molecule has 0 saturated heterocycles. The molecular formula is C23H18BrN3O4S. The monoisotopic (exact) mass is 511 g/mol. The summed E-state index contributed by atoms with van der Waals surface area (Å²) in [5.74, 6) is -0.965. The predicted octanol–water partition coefficient (Wildman–Crippen LogP) is 2.10. The van der Waals surface area contributed by atoms with Gasteiger partial charge < -0.3 is 22.1 Å². The molecule has 32 heavy (non-hydrogen) atoms. The lowest BCUT2D eigenvalue weighted by Gasteiger charge is -2.07. The van der Waals surface area contributed by atoms with Crippen LogP contribution in [0.3, 0.4) is 0 Å². The van der Waals surface area contributed by atoms with Gasteiger partial charge in [0.1, 0.15) is 17.9 Å². The minimum Gasteiger partial charge on any atom is -1.00 e. The number of benzene rings is 3. The number of halogens is 1. The second kappa shape index (κ2) is 10.2. The van der Waals surface area contributed by atoms with Crippen molar-refractivity contribution in [3.05, 3.63) is 105 Å². The van der Waals surface area contributed by atoms with Gasteiger partial charge in [-0.3, -0.25) is 10.1 Å². The first kappa shape index (κ1) is 23.1. The van der Waals surface area contributed by atoms with Crippen molar-refractivity contribution in [3.8, 4) is 11.3 Å². The van der Waals surface area contributed by atoms with Gasteiger partial charge in [-0.1, -0.05) is 41.7 Å². The summed E-state index contributed by atoms with van der Waals surface area (Å²) in [4.78, 5) is 21.7. The number of para-hydroxylation sites is 1. The molecule has 0 fully saturated rings. The van der Waals surface area contributed by atoms with E-state index in [0.29, 0.717) is 6.54 Å². The normalized spacial score (nSPS) is 10.2. The fourth-order valence-corrected chi connectivity index (χ4v) is 4.11. The van der Waals surface area contributed by atoms with Crippen molar-refractivity contribution in [2.45, 2.75) is 6.54 Å². The van der Waals surface area contributed by atoms with Crippen LogP contribution in [0.25, 0.3) is 11.3 Å². The molecular weight excluding hydrogens is 494 g/mol. The third-order valence-electron chi connectivity index (χ3n) is 4.76. The minimum absolute atomic E-state index is 0. The molecule has 0 unspecified atom stereocenters. The molecule has 7 nitrogen and oxygen atoms in total. The standard InChI is InChI=1S/C23H17N3O4S.BrH/c27-22(28)18-8-6-16(7-9-18)14-25-21(17-10-12-20(13-11-17)26(29)30)15-31-23(25)24-19-4-2-1-3-5-19;/h1-13,15H,14H2,(H,27,28);1H. The summed E-state index contributed by atoms with van der Waals surface area (Å²) in [6.07, 6.45) is 0. The average molecular weight is 512 g/mol.